The van der Waals surface area contributed by atoms with E-state index in [2.05, 4.69) is 16.0 Å². The van der Waals surface area contributed by atoms with Crippen LogP contribution in [0.25, 0.3) is 0 Å². The average molecular weight is 929 g/mol. The highest BCUT2D eigenvalue weighted by Gasteiger charge is 2.64. The van der Waals surface area contributed by atoms with Gasteiger partial charge in [-0.2, -0.15) is 11.8 Å². The van der Waals surface area contributed by atoms with Crippen LogP contribution in [0.5, 0.6) is 5.75 Å². The van der Waals surface area contributed by atoms with E-state index in [0.29, 0.717) is 29.1 Å². The molecule has 19 heteroatoms. The summed E-state index contributed by atoms with van der Waals surface area (Å²) in [7, 11) is 7.44. The van der Waals surface area contributed by atoms with Gasteiger partial charge in [-0.25, -0.2) is 9.59 Å². The Balaban J connectivity index is 1.33. The number of carbonyl (C=O) groups is 6. The number of esters is 1. The number of halogens is 1. The zero-order valence-electron chi connectivity index (χ0n) is 37.5. The molecule has 2 aromatic rings. The van der Waals surface area contributed by atoms with Gasteiger partial charge in [0, 0.05) is 64.0 Å². The first-order chi connectivity index (χ1) is 30.2. The number of thioether (sulfide) groups is 1. The summed E-state index contributed by atoms with van der Waals surface area (Å²) in [4.78, 5) is 81.4. The zero-order valence-corrected chi connectivity index (χ0v) is 39.1. The van der Waals surface area contributed by atoms with Crippen LogP contribution in [0.4, 0.5) is 16.2 Å². The first kappa shape index (κ1) is 49.9. The van der Waals surface area contributed by atoms with Gasteiger partial charge in [0.05, 0.1) is 31.1 Å². The first-order valence-corrected chi connectivity index (χ1v) is 22.3. The molecule has 0 saturated carbocycles. The average Bonchev–Trinajstić information content (AvgIpc) is 3.96. The number of rotatable bonds is 12. The summed E-state index contributed by atoms with van der Waals surface area (Å²) in [6.45, 7) is 6.88. The topological polar surface area (TPSA) is 215 Å². The minimum Gasteiger partial charge on any atom is -0.495 e. The van der Waals surface area contributed by atoms with Gasteiger partial charge in [0.2, 0.25) is 17.7 Å². The second-order valence-electron chi connectivity index (χ2n) is 16.4. The summed E-state index contributed by atoms with van der Waals surface area (Å²) in [6.07, 6.45) is 0.570. The second kappa shape index (κ2) is 21.2. The Morgan fingerprint density at radius 2 is 1.86 bits per heavy atom. The van der Waals surface area contributed by atoms with Crippen LogP contribution in [0.1, 0.15) is 62.9 Å². The van der Waals surface area contributed by atoms with Crippen molar-refractivity contribution in [3.8, 4) is 5.75 Å². The molecule has 3 aliphatic heterocycles. The van der Waals surface area contributed by atoms with Crippen LogP contribution in [0.15, 0.2) is 60.2 Å². The van der Waals surface area contributed by atoms with Crippen molar-refractivity contribution in [1.82, 2.24) is 15.5 Å². The smallest absolute Gasteiger partial charge is 0.409 e. The molecule has 348 valence electrons. The molecule has 2 aromatic carbocycles. The van der Waals surface area contributed by atoms with Gasteiger partial charge >= 0.3 is 12.1 Å². The quantitative estimate of drug-likeness (QED) is 0.130. The monoisotopic (exact) mass is 927 g/mol. The fourth-order valence-electron chi connectivity index (χ4n) is 7.77. The van der Waals surface area contributed by atoms with Crippen LogP contribution in [-0.2, 0) is 44.5 Å². The number of nitrogens with zero attached hydrogens (tertiary/aromatic N) is 2. The highest BCUT2D eigenvalue weighted by molar-refractivity contribution is 7.99. The molecule has 0 unspecified atom stereocenters. The number of amides is 5. The maximum atomic E-state index is 14.3. The van der Waals surface area contributed by atoms with E-state index < -0.39 is 65.7 Å². The van der Waals surface area contributed by atoms with E-state index in [1.54, 1.807) is 69.4 Å². The number of alkyl carbamates (subject to hydrolysis) is 1. The van der Waals surface area contributed by atoms with Crippen molar-refractivity contribution >= 4 is 70.4 Å². The molecule has 4 N–H and O–H groups in total. The van der Waals surface area contributed by atoms with Crippen molar-refractivity contribution in [2.24, 2.45) is 5.92 Å². The number of ether oxygens (including phenoxy) is 5. The van der Waals surface area contributed by atoms with E-state index in [-0.39, 0.29) is 53.5 Å². The van der Waals surface area contributed by atoms with Crippen LogP contribution in [0.3, 0.4) is 0 Å². The molecular weight excluding hydrogens is 870 g/mol. The fraction of sp³-hybridized carbons (Fsp3) is 0.511. The van der Waals surface area contributed by atoms with Crippen LogP contribution in [0, 0.1) is 5.92 Å². The molecular formula is C45H58ClN5O12S. The second-order valence-corrected chi connectivity index (χ2v) is 17.9. The molecule has 5 amide bonds. The maximum absolute atomic E-state index is 14.3. The third kappa shape index (κ3) is 11.8. The van der Waals surface area contributed by atoms with E-state index in [1.807, 2.05) is 13.0 Å². The minimum atomic E-state index is -1.86. The number of likely N-dealkylation sites (N-methyl/N-ethyl adjacent to an activating group) is 1. The predicted octanol–water partition coefficient (Wildman–Crippen LogP) is 4.64. The summed E-state index contributed by atoms with van der Waals surface area (Å²) in [5.74, 6) is -2.07. The van der Waals surface area contributed by atoms with Gasteiger partial charge in [-0.3, -0.25) is 24.5 Å². The van der Waals surface area contributed by atoms with Crippen molar-refractivity contribution in [1.29, 1.82) is 0 Å². The van der Waals surface area contributed by atoms with Crippen LogP contribution >= 0.6 is 23.4 Å². The van der Waals surface area contributed by atoms with Gasteiger partial charge in [0.1, 0.15) is 40.7 Å². The first-order valence-electron chi connectivity index (χ1n) is 20.8. The normalized spacial score (nSPS) is 27.6. The molecule has 0 spiro atoms. The molecule has 8 atom stereocenters. The standard InChI is InChI=1S/C45H58ClN5O12S/c1-25-11-10-12-34(60-9)45(58)23-33(61-43(57)49-45)26(2)40-44(4,63-40)35(22-38(54)51(7)31-20-28(19-25)21-32(59-8)39(31)46)62-42(56)27(3)50(6)37(53)17-18-64-24-36(52)48-30-15-13-29(14-16-30)41(55)47-5/h10-16,20-21,26-27,33-35,40,58H,17-19,22-24H2,1-9H3,(H,47,55)(H,48,52)(H,49,57)/b12-10+,25-11+/t26-,27+,33+,34-,35+,40+,44+,45+/m1/s1. The molecule has 5 rings (SSSR count). The minimum absolute atomic E-state index is 0.0135. The van der Waals surface area contributed by atoms with Crippen LogP contribution in [-0.4, -0.2) is 134 Å². The number of fused-ring (bicyclic) bond motifs is 5. The highest BCUT2D eigenvalue weighted by Crippen LogP contribution is 2.49. The SMILES string of the molecule is CNC(=O)c1ccc(NC(=O)CSCCC(=O)N(C)[C@@H](C)C(=O)O[C@H]2CC(=O)N(C)c3cc(cc(OC)c3Cl)C/C(C)=C/C=C/[C@@H](OC)[C@@]3(O)C[C@H](OC(=O)N3)[C@@H](C)[C@@H]3O[C@@]23C)cc1. The van der Waals surface area contributed by atoms with Gasteiger partial charge in [-0.1, -0.05) is 42.3 Å². The van der Waals surface area contributed by atoms with Crippen LogP contribution in [0.2, 0.25) is 5.02 Å². The van der Waals surface area contributed by atoms with Crippen molar-refractivity contribution in [3.05, 3.63) is 76.3 Å². The van der Waals surface area contributed by atoms with Gasteiger partial charge in [0.25, 0.3) is 5.91 Å². The number of aliphatic hydroxyl groups is 1. The Morgan fingerprint density at radius 1 is 1.16 bits per heavy atom. The summed E-state index contributed by atoms with van der Waals surface area (Å²) >= 11 is 8.03. The molecule has 3 aliphatic rings. The fourth-order valence-corrected chi connectivity index (χ4v) is 8.80. The number of benzene rings is 2. The van der Waals surface area contributed by atoms with E-state index >= 15 is 0 Å². The van der Waals surface area contributed by atoms with E-state index in [1.165, 1.54) is 56.8 Å². The number of hydrogen-bond donors (Lipinski definition) is 4. The lowest BCUT2D eigenvalue weighted by molar-refractivity contribution is -0.162. The molecule has 0 radical (unpaired) electrons. The molecule has 3 heterocycles. The number of epoxide rings is 1. The lowest BCUT2D eigenvalue weighted by atomic mass is 9.83. The van der Waals surface area contributed by atoms with Gasteiger partial charge in [-0.05, 0) is 69.2 Å². The summed E-state index contributed by atoms with van der Waals surface area (Å²) < 4.78 is 29.3. The highest BCUT2D eigenvalue weighted by atomic mass is 35.5. The molecule has 0 aliphatic carbocycles. The molecule has 2 saturated heterocycles. The van der Waals surface area contributed by atoms with Gasteiger partial charge in [-0.15, -0.1) is 0 Å². The van der Waals surface area contributed by atoms with E-state index in [0.717, 1.165) is 11.1 Å². The Kier molecular flexibility index (Phi) is 16.5. The number of methoxy groups -OCH3 is 2. The molecule has 2 fully saturated rings. The Labute approximate surface area is 382 Å². The number of hydrogen-bond acceptors (Lipinski definition) is 13. The van der Waals surface area contributed by atoms with Crippen molar-refractivity contribution < 1.29 is 57.6 Å². The number of allylic oxidation sites excluding steroid dienone is 3. The maximum Gasteiger partial charge on any atom is 0.409 e. The van der Waals surface area contributed by atoms with Gasteiger partial charge < -0.3 is 49.2 Å². The summed E-state index contributed by atoms with van der Waals surface area (Å²) in [6, 6.07) is 8.89. The van der Waals surface area contributed by atoms with Crippen molar-refractivity contribution in [2.45, 2.75) is 95.2 Å². The third-order valence-corrected chi connectivity index (χ3v) is 13.2. The number of nitrogens with one attached hydrogen (secondary N) is 3. The van der Waals surface area contributed by atoms with Gasteiger partial charge in [0.15, 0.2) is 5.72 Å². The summed E-state index contributed by atoms with van der Waals surface area (Å²) in [5, 5.41) is 19.8. The van der Waals surface area contributed by atoms with Crippen LogP contribution < -0.4 is 25.6 Å². The molecule has 64 heavy (non-hydrogen) atoms. The lowest BCUT2D eigenvalue weighted by Crippen LogP contribution is -2.63. The molecule has 4 bridgehead atoms. The Morgan fingerprint density at radius 3 is 2.52 bits per heavy atom. The predicted molar refractivity (Wildman–Crippen MR) is 241 cm³/mol. The molecule has 17 nitrogen and oxygen atoms in total. The van der Waals surface area contributed by atoms with Crippen molar-refractivity contribution in [3.63, 3.8) is 0 Å². The molecule has 0 aromatic heterocycles. The van der Waals surface area contributed by atoms with E-state index in [4.69, 9.17) is 35.3 Å². The Hall–Kier alpha value is -5.14. The lowest BCUT2D eigenvalue weighted by Gasteiger charge is -2.42. The summed E-state index contributed by atoms with van der Waals surface area (Å²) in [5.41, 5.74) is -0.124. The Bertz CT molecular complexity index is 2160. The zero-order chi connectivity index (χ0) is 47.1. The van der Waals surface area contributed by atoms with Crippen molar-refractivity contribution in [2.75, 3.05) is 57.1 Å². The number of carbonyl (C=O) groups excluding carboxylic acids is 6. The van der Waals surface area contributed by atoms with E-state index in [9.17, 15) is 33.9 Å². The third-order valence-electron chi connectivity index (χ3n) is 11.9. The largest absolute Gasteiger partial charge is 0.495 e. The number of anilines is 2.